The molecule has 1 unspecified atom stereocenters. The maximum atomic E-state index is 13.2. The summed E-state index contributed by atoms with van der Waals surface area (Å²) in [5.74, 6) is 1.38. The zero-order chi connectivity index (χ0) is 20.2. The van der Waals surface area contributed by atoms with Crippen LogP contribution in [-0.4, -0.2) is 30.6 Å². The molecule has 1 aromatic carbocycles. The number of aromatic nitrogens is 4. The van der Waals surface area contributed by atoms with Crippen molar-refractivity contribution in [1.82, 2.24) is 19.7 Å². The molecule has 146 valence electrons. The molecule has 1 aliphatic heterocycles. The minimum absolute atomic E-state index is 0.0983. The van der Waals surface area contributed by atoms with Gasteiger partial charge in [-0.2, -0.15) is 4.98 Å². The van der Waals surface area contributed by atoms with Crippen LogP contribution in [0.3, 0.4) is 0 Å². The number of fused-ring (bicyclic) bond motifs is 1. The fraction of sp³-hybridized carbons (Fsp3) is 0.273. The Kier molecular flexibility index (Phi) is 3.81. The van der Waals surface area contributed by atoms with Crippen molar-refractivity contribution in [3.63, 3.8) is 0 Å². The average Bonchev–Trinajstić information content (AvgIpc) is 3.09. The molecule has 7 heteroatoms. The number of carbonyl (C=O) groups excluding carboxylic acids is 1. The van der Waals surface area contributed by atoms with Crippen LogP contribution in [0, 0.1) is 5.41 Å². The van der Waals surface area contributed by atoms with E-state index in [4.69, 9.17) is 5.10 Å². The van der Waals surface area contributed by atoms with Crippen LogP contribution in [0.2, 0.25) is 0 Å². The van der Waals surface area contributed by atoms with Crippen molar-refractivity contribution in [3.05, 3.63) is 65.6 Å². The lowest BCUT2D eigenvalue weighted by Crippen LogP contribution is -2.36. The van der Waals surface area contributed by atoms with Crippen molar-refractivity contribution < 1.29 is 9.90 Å². The van der Waals surface area contributed by atoms with Gasteiger partial charge in [0.05, 0.1) is 0 Å². The standard InChI is InChI=1S/C22H21N5O2/c1-22(2)10-16-18(17(29)11-22)19(13-5-3-7-15(28)9-13)27-21(24-16)25-20(26-27)14-6-4-8-23-12-14/h3-9,12,19,28H,10-11H2,1-2H3,(H,24,25,26). The topological polar surface area (TPSA) is 92.9 Å². The Morgan fingerprint density at radius 2 is 2.07 bits per heavy atom. The van der Waals surface area contributed by atoms with Gasteiger partial charge in [0.15, 0.2) is 11.6 Å². The molecule has 0 bridgehead atoms. The number of allylic oxidation sites excluding steroid dienone is 2. The van der Waals surface area contributed by atoms with Crippen molar-refractivity contribution in [2.75, 3.05) is 5.32 Å². The van der Waals surface area contributed by atoms with E-state index in [0.717, 1.165) is 23.2 Å². The summed E-state index contributed by atoms with van der Waals surface area (Å²) in [6.07, 6.45) is 4.64. The number of carbonyl (C=O) groups is 1. The lowest BCUT2D eigenvalue weighted by molar-refractivity contribution is -0.118. The molecule has 0 fully saturated rings. The summed E-state index contributed by atoms with van der Waals surface area (Å²) in [7, 11) is 0. The fourth-order valence-corrected chi connectivity index (χ4v) is 4.23. The van der Waals surface area contributed by atoms with Crippen LogP contribution < -0.4 is 5.32 Å². The predicted molar refractivity (Wildman–Crippen MR) is 108 cm³/mol. The number of benzene rings is 1. The number of nitrogens with one attached hydrogen (secondary N) is 1. The summed E-state index contributed by atoms with van der Waals surface area (Å²) >= 11 is 0. The molecular formula is C22H21N5O2. The monoisotopic (exact) mass is 387 g/mol. The first kappa shape index (κ1) is 17.6. The molecule has 0 amide bonds. The van der Waals surface area contributed by atoms with Gasteiger partial charge in [0.2, 0.25) is 5.95 Å². The Morgan fingerprint density at radius 3 is 2.83 bits per heavy atom. The molecule has 0 saturated carbocycles. The Bertz CT molecular complexity index is 1150. The number of rotatable bonds is 2. The van der Waals surface area contributed by atoms with Gasteiger partial charge in [0.1, 0.15) is 11.8 Å². The van der Waals surface area contributed by atoms with Gasteiger partial charge in [-0.05, 0) is 41.7 Å². The van der Waals surface area contributed by atoms with Crippen molar-refractivity contribution in [3.8, 4) is 17.1 Å². The number of phenols is 1. The first-order valence-corrected chi connectivity index (χ1v) is 9.60. The summed E-state index contributed by atoms with van der Waals surface area (Å²) < 4.78 is 1.74. The van der Waals surface area contributed by atoms with Gasteiger partial charge in [-0.3, -0.25) is 9.78 Å². The van der Waals surface area contributed by atoms with Gasteiger partial charge in [0.25, 0.3) is 0 Å². The van der Waals surface area contributed by atoms with E-state index in [1.165, 1.54) is 0 Å². The van der Waals surface area contributed by atoms with Crippen LogP contribution in [0.5, 0.6) is 5.75 Å². The highest BCUT2D eigenvalue weighted by molar-refractivity contribution is 6.00. The summed E-state index contributed by atoms with van der Waals surface area (Å²) in [5, 5.41) is 18.1. The van der Waals surface area contributed by atoms with Crippen molar-refractivity contribution in [2.45, 2.75) is 32.7 Å². The fourth-order valence-electron chi connectivity index (χ4n) is 4.23. The van der Waals surface area contributed by atoms with Gasteiger partial charge in [-0.25, -0.2) is 4.68 Å². The third-order valence-corrected chi connectivity index (χ3v) is 5.44. The van der Waals surface area contributed by atoms with E-state index in [2.05, 4.69) is 29.1 Å². The van der Waals surface area contributed by atoms with Crippen LogP contribution in [-0.2, 0) is 4.79 Å². The van der Waals surface area contributed by atoms with E-state index < -0.39 is 6.04 Å². The zero-order valence-corrected chi connectivity index (χ0v) is 16.3. The van der Waals surface area contributed by atoms with Crippen LogP contribution in [0.15, 0.2) is 60.1 Å². The molecule has 5 rings (SSSR count). The first-order chi connectivity index (χ1) is 13.9. The van der Waals surface area contributed by atoms with Gasteiger partial charge in [0, 0.05) is 35.6 Å². The number of phenolic OH excluding ortho intramolecular Hbond substituents is 1. The molecule has 3 aromatic rings. The normalized spacial score (nSPS) is 20.1. The van der Waals surface area contributed by atoms with Gasteiger partial charge in [-0.15, -0.1) is 5.10 Å². The number of anilines is 1. The van der Waals surface area contributed by atoms with Crippen molar-refractivity contribution in [2.24, 2.45) is 5.41 Å². The van der Waals surface area contributed by atoms with Crippen LogP contribution >= 0.6 is 0 Å². The molecule has 0 spiro atoms. The van der Waals surface area contributed by atoms with Crippen LogP contribution in [0.4, 0.5) is 5.95 Å². The summed E-state index contributed by atoms with van der Waals surface area (Å²) in [6, 6.07) is 10.3. The number of nitrogens with zero attached hydrogens (tertiary/aromatic N) is 4. The maximum Gasteiger partial charge on any atom is 0.226 e. The van der Waals surface area contributed by atoms with E-state index >= 15 is 0 Å². The van der Waals surface area contributed by atoms with Crippen molar-refractivity contribution in [1.29, 1.82) is 0 Å². The second-order valence-electron chi connectivity index (χ2n) is 8.40. The largest absolute Gasteiger partial charge is 0.508 e. The molecule has 0 radical (unpaired) electrons. The Hall–Kier alpha value is -3.48. The number of aromatic hydroxyl groups is 1. The highest BCUT2D eigenvalue weighted by Crippen LogP contribution is 2.45. The predicted octanol–water partition coefficient (Wildman–Crippen LogP) is 3.70. The number of pyridine rings is 1. The lowest BCUT2D eigenvalue weighted by atomic mass is 9.73. The van der Waals surface area contributed by atoms with Crippen molar-refractivity contribution >= 4 is 11.7 Å². The van der Waals surface area contributed by atoms with Gasteiger partial charge >= 0.3 is 0 Å². The maximum absolute atomic E-state index is 13.2. The highest BCUT2D eigenvalue weighted by Gasteiger charge is 2.42. The van der Waals surface area contributed by atoms with Crippen LogP contribution in [0.25, 0.3) is 11.4 Å². The third-order valence-electron chi connectivity index (χ3n) is 5.44. The number of hydrogen-bond donors (Lipinski definition) is 2. The molecule has 2 aromatic heterocycles. The minimum atomic E-state index is -0.435. The van der Waals surface area contributed by atoms with E-state index in [1.54, 1.807) is 35.3 Å². The first-order valence-electron chi connectivity index (χ1n) is 9.60. The lowest BCUT2D eigenvalue weighted by Gasteiger charge is -2.38. The smallest absolute Gasteiger partial charge is 0.226 e. The average molecular weight is 387 g/mol. The van der Waals surface area contributed by atoms with Gasteiger partial charge < -0.3 is 10.4 Å². The summed E-state index contributed by atoms with van der Waals surface area (Å²) in [4.78, 5) is 22.0. The molecule has 7 nitrogen and oxygen atoms in total. The summed E-state index contributed by atoms with van der Waals surface area (Å²) in [5.41, 5.74) is 3.06. The number of hydrogen-bond acceptors (Lipinski definition) is 6. The van der Waals surface area contributed by atoms with Gasteiger partial charge in [-0.1, -0.05) is 26.0 Å². The molecule has 29 heavy (non-hydrogen) atoms. The molecule has 3 heterocycles. The molecular weight excluding hydrogens is 366 g/mol. The second kappa shape index (κ2) is 6.27. The van der Waals surface area contributed by atoms with Crippen LogP contribution in [0.1, 0.15) is 38.3 Å². The third kappa shape index (κ3) is 2.99. The molecule has 2 aliphatic rings. The molecule has 0 saturated heterocycles. The van der Waals surface area contributed by atoms with E-state index in [9.17, 15) is 9.90 Å². The number of ketones is 1. The Balaban J connectivity index is 1.70. The second-order valence-corrected chi connectivity index (χ2v) is 8.40. The highest BCUT2D eigenvalue weighted by atomic mass is 16.3. The Labute approximate surface area is 168 Å². The van der Waals surface area contributed by atoms with E-state index in [1.807, 2.05) is 18.2 Å². The minimum Gasteiger partial charge on any atom is -0.508 e. The van der Waals surface area contributed by atoms with E-state index in [-0.39, 0.29) is 16.9 Å². The SMILES string of the molecule is CC1(C)CC(=O)C2=C(C1)Nc1nc(-c3cccnc3)nn1C2c1cccc(O)c1. The number of Topliss-reactive ketones (excluding diaryl/α,β-unsaturated/α-hetero) is 1. The summed E-state index contributed by atoms with van der Waals surface area (Å²) in [6.45, 7) is 4.19. The Morgan fingerprint density at radius 1 is 1.21 bits per heavy atom. The van der Waals surface area contributed by atoms with E-state index in [0.29, 0.717) is 23.8 Å². The quantitative estimate of drug-likeness (QED) is 0.696. The zero-order valence-electron chi connectivity index (χ0n) is 16.3. The molecule has 1 atom stereocenters. The molecule has 1 aliphatic carbocycles. The molecule has 2 N–H and O–H groups in total.